The fourth-order valence-corrected chi connectivity index (χ4v) is 1.25. The Hall–Kier alpha value is -0.660. The van der Waals surface area contributed by atoms with Gasteiger partial charge in [0.15, 0.2) is 0 Å². The van der Waals surface area contributed by atoms with Gasteiger partial charge in [-0.15, -0.1) is 0 Å². The highest BCUT2D eigenvalue weighted by Gasteiger charge is 2.14. The van der Waals surface area contributed by atoms with Gasteiger partial charge >= 0.3 is 0 Å². The summed E-state index contributed by atoms with van der Waals surface area (Å²) in [7, 11) is -3.70. The molecule has 5 N–H and O–H groups in total. The van der Waals surface area contributed by atoms with Crippen LogP contribution in [-0.4, -0.2) is 31.6 Å². The standard InChI is InChI=1S/C4H12N4O2S/c1-2-8(3-4(5)6)11(7,9)10/h2-3H2,1H3,(H3,5,6)(H2,7,9,10). The molecule has 0 saturated carbocycles. The van der Waals surface area contributed by atoms with Crippen LogP contribution in [0.3, 0.4) is 0 Å². The number of rotatable bonds is 4. The molecule has 0 aliphatic carbocycles. The van der Waals surface area contributed by atoms with E-state index in [1.807, 2.05) is 0 Å². The third-order valence-corrected chi connectivity index (χ3v) is 2.17. The van der Waals surface area contributed by atoms with Gasteiger partial charge in [0.1, 0.15) is 5.84 Å². The lowest BCUT2D eigenvalue weighted by atomic mass is 10.6. The topological polar surface area (TPSA) is 113 Å². The molecule has 66 valence electrons. The average Bonchev–Trinajstić information content (AvgIpc) is 1.79. The zero-order valence-corrected chi connectivity index (χ0v) is 7.06. The van der Waals surface area contributed by atoms with E-state index in [1.165, 1.54) is 0 Å². The maximum atomic E-state index is 10.6. The van der Waals surface area contributed by atoms with Crippen LogP contribution >= 0.6 is 0 Å². The van der Waals surface area contributed by atoms with Gasteiger partial charge in [-0.25, -0.2) is 5.14 Å². The fourth-order valence-electron chi connectivity index (χ4n) is 0.572. The SMILES string of the molecule is CCN(CC(=N)N)S(N)(=O)=O. The molecule has 0 spiro atoms. The van der Waals surface area contributed by atoms with Crippen molar-refractivity contribution in [1.29, 1.82) is 5.41 Å². The van der Waals surface area contributed by atoms with E-state index >= 15 is 0 Å². The lowest BCUT2D eigenvalue weighted by Crippen LogP contribution is -2.41. The van der Waals surface area contributed by atoms with E-state index in [-0.39, 0.29) is 18.9 Å². The highest BCUT2D eigenvalue weighted by molar-refractivity contribution is 7.86. The molecule has 0 aromatic rings. The van der Waals surface area contributed by atoms with Gasteiger partial charge in [-0.05, 0) is 0 Å². The smallest absolute Gasteiger partial charge is 0.277 e. The largest absolute Gasteiger partial charge is 0.387 e. The van der Waals surface area contributed by atoms with Crippen molar-refractivity contribution in [2.24, 2.45) is 10.9 Å². The van der Waals surface area contributed by atoms with Gasteiger partial charge < -0.3 is 5.73 Å². The summed E-state index contributed by atoms with van der Waals surface area (Å²) in [4.78, 5) is 0. The summed E-state index contributed by atoms with van der Waals surface area (Å²) in [6.07, 6.45) is 0. The molecule has 0 radical (unpaired) electrons. The van der Waals surface area contributed by atoms with Crippen LogP contribution in [0.5, 0.6) is 0 Å². The predicted molar refractivity (Wildman–Crippen MR) is 42.3 cm³/mol. The van der Waals surface area contributed by atoms with Gasteiger partial charge in [0.25, 0.3) is 10.2 Å². The molecule has 11 heavy (non-hydrogen) atoms. The average molecular weight is 180 g/mol. The summed E-state index contributed by atoms with van der Waals surface area (Å²) < 4.78 is 22.2. The van der Waals surface area contributed by atoms with Gasteiger partial charge in [0.2, 0.25) is 0 Å². The van der Waals surface area contributed by atoms with Gasteiger partial charge in [-0.1, -0.05) is 6.92 Å². The highest BCUT2D eigenvalue weighted by atomic mass is 32.2. The van der Waals surface area contributed by atoms with Crippen LogP contribution in [0, 0.1) is 5.41 Å². The monoisotopic (exact) mass is 180 g/mol. The van der Waals surface area contributed by atoms with Crippen LogP contribution in [0.1, 0.15) is 6.92 Å². The van der Waals surface area contributed by atoms with Crippen molar-refractivity contribution < 1.29 is 8.42 Å². The molecule has 0 fully saturated rings. The third kappa shape index (κ3) is 3.91. The zero-order chi connectivity index (χ0) is 9.07. The van der Waals surface area contributed by atoms with Crippen LogP contribution in [0.2, 0.25) is 0 Å². The molecule has 0 aliphatic rings. The van der Waals surface area contributed by atoms with E-state index in [4.69, 9.17) is 16.3 Å². The maximum Gasteiger partial charge on any atom is 0.277 e. The lowest BCUT2D eigenvalue weighted by molar-refractivity contribution is 0.467. The van der Waals surface area contributed by atoms with Crippen molar-refractivity contribution in [3.8, 4) is 0 Å². The Morgan fingerprint density at radius 3 is 2.18 bits per heavy atom. The Balaban J connectivity index is 4.31. The molecule has 0 bridgehead atoms. The van der Waals surface area contributed by atoms with Crippen LogP contribution < -0.4 is 10.9 Å². The molecule has 0 heterocycles. The molecule has 0 aromatic carbocycles. The molecular weight excluding hydrogens is 168 g/mol. The molecule has 0 aliphatic heterocycles. The first-order valence-corrected chi connectivity index (χ1v) is 4.49. The quantitative estimate of drug-likeness (QED) is 0.359. The first-order valence-electron chi connectivity index (χ1n) is 2.98. The number of amidine groups is 1. The first kappa shape index (κ1) is 10.3. The van der Waals surface area contributed by atoms with Gasteiger partial charge in [-0.2, -0.15) is 12.7 Å². The van der Waals surface area contributed by atoms with Crippen molar-refractivity contribution in [2.45, 2.75) is 6.92 Å². The molecule has 0 unspecified atom stereocenters. The lowest BCUT2D eigenvalue weighted by Gasteiger charge is -2.15. The Bertz CT molecular complexity index is 234. The predicted octanol–water partition coefficient (Wildman–Crippen LogP) is -1.55. The van der Waals surface area contributed by atoms with E-state index in [1.54, 1.807) is 6.92 Å². The minimum Gasteiger partial charge on any atom is -0.387 e. The normalized spacial score (nSPS) is 11.9. The van der Waals surface area contributed by atoms with E-state index in [0.29, 0.717) is 0 Å². The van der Waals surface area contributed by atoms with Gasteiger partial charge in [-0.3, -0.25) is 5.41 Å². The molecule has 0 amide bonds. The second-order valence-electron chi connectivity index (χ2n) is 2.00. The minimum atomic E-state index is -3.70. The summed E-state index contributed by atoms with van der Waals surface area (Å²) >= 11 is 0. The van der Waals surface area contributed by atoms with Crippen molar-refractivity contribution in [3.05, 3.63) is 0 Å². The van der Waals surface area contributed by atoms with E-state index < -0.39 is 10.2 Å². The number of hydrogen-bond donors (Lipinski definition) is 3. The number of hydrogen-bond acceptors (Lipinski definition) is 3. The molecular formula is C4H12N4O2S. The number of nitrogens with zero attached hydrogens (tertiary/aromatic N) is 1. The van der Waals surface area contributed by atoms with Crippen molar-refractivity contribution in [3.63, 3.8) is 0 Å². The Labute approximate surface area is 65.9 Å². The van der Waals surface area contributed by atoms with E-state index in [2.05, 4.69) is 0 Å². The number of nitrogens with two attached hydrogens (primary N) is 2. The van der Waals surface area contributed by atoms with Crippen LogP contribution in [0.25, 0.3) is 0 Å². The molecule has 7 heteroatoms. The Morgan fingerprint density at radius 2 is 2.09 bits per heavy atom. The summed E-state index contributed by atoms with van der Waals surface area (Å²) in [5.74, 6) is -0.221. The summed E-state index contributed by atoms with van der Waals surface area (Å²) in [5.41, 5.74) is 4.99. The Kier molecular flexibility index (Phi) is 3.43. The van der Waals surface area contributed by atoms with Gasteiger partial charge in [0.05, 0.1) is 6.54 Å². The second kappa shape index (κ2) is 3.65. The highest BCUT2D eigenvalue weighted by Crippen LogP contribution is 1.91. The maximum absolute atomic E-state index is 10.6. The molecule has 0 atom stereocenters. The van der Waals surface area contributed by atoms with Crippen molar-refractivity contribution in [2.75, 3.05) is 13.1 Å². The van der Waals surface area contributed by atoms with Crippen LogP contribution in [-0.2, 0) is 10.2 Å². The molecule has 0 saturated heterocycles. The summed E-state index contributed by atoms with van der Waals surface area (Å²) in [6, 6.07) is 0. The molecule has 6 nitrogen and oxygen atoms in total. The number of nitrogens with one attached hydrogen (secondary N) is 1. The third-order valence-electron chi connectivity index (χ3n) is 1.06. The van der Waals surface area contributed by atoms with Crippen LogP contribution in [0.4, 0.5) is 0 Å². The van der Waals surface area contributed by atoms with E-state index in [0.717, 1.165) is 4.31 Å². The zero-order valence-electron chi connectivity index (χ0n) is 6.24. The van der Waals surface area contributed by atoms with Crippen LogP contribution in [0.15, 0.2) is 0 Å². The fraction of sp³-hybridized carbons (Fsp3) is 0.750. The molecule has 0 rings (SSSR count). The Morgan fingerprint density at radius 1 is 1.64 bits per heavy atom. The van der Waals surface area contributed by atoms with Gasteiger partial charge in [0, 0.05) is 6.54 Å². The molecule has 0 aromatic heterocycles. The summed E-state index contributed by atoms with van der Waals surface area (Å²) in [6.45, 7) is 1.70. The van der Waals surface area contributed by atoms with Crippen molar-refractivity contribution in [1.82, 2.24) is 4.31 Å². The number of likely N-dealkylation sites (N-methyl/N-ethyl adjacent to an activating group) is 1. The minimum absolute atomic E-state index is 0.144. The van der Waals surface area contributed by atoms with Crippen molar-refractivity contribution >= 4 is 16.0 Å². The first-order chi connectivity index (χ1) is 4.88. The second-order valence-corrected chi connectivity index (χ2v) is 3.54. The summed E-state index contributed by atoms with van der Waals surface area (Å²) in [5, 5.41) is 11.6. The van der Waals surface area contributed by atoms with E-state index in [9.17, 15) is 8.42 Å².